The number of hydrogen-bond donors (Lipinski definition) is 0. The minimum absolute atomic E-state index is 0.0371. The molecule has 0 aliphatic heterocycles. The van der Waals surface area contributed by atoms with E-state index in [1.54, 1.807) is 0 Å². The van der Waals surface area contributed by atoms with E-state index in [0.29, 0.717) is 39.3 Å². The number of fused-ring (bicyclic) bond motifs is 4. The van der Waals surface area contributed by atoms with Gasteiger partial charge in [-0.3, -0.25) is 0 Å². The molecule has 0 aromatic rings. The summed E-state index contributed by atoms with van der Waals surface area (Å²) in [6, 6.07) is 0. The third-order valence-corrected chi connectivity index (χ3v) is 11.2. The number of esters is 1. The molecule has 4 rings (SSSR count). The number of hydrogen-bond acceptors (Lipinski definition) is 3. The van der Waals surface area contributed by atoms with Crippen molar-refractivity contribution in [1.82, 2.24) is 0 Å². The smallest absolute Gasteiger partial charge is 0.362 e. The van der Waals surface area contributed by atoms with Crippen molar-refractivity contribution in [2.75, 3.05) is 33.8 Å². The summed E-state index contributed by atoms with van der Waals surface area (Å²) in [6.07, 6.45) is 7.84. The molecule has 6 atom stereocenters. The van der Waals surface area contributed by atoms with Crippen LogP contribution in [-0.4, -0.2) is 56.5 Å². The van der Waals surface area contributed by atoms with Crippen molar-refractivity contribution in [2.24, 2.45) is 33.5 Å². The largest absolute Gasteiger partial charge is 0.458 e. The maximum absolute atomic E-state index is 12.8. The number of quaternary nitrogens is 1. The molecular formula is C26H46NO3+. The van der Waals surface area contributed by atoms with Crippen molar-refractivity contribution in [3.05, 3.63) is 0 Å². The average molecular weight is 421 g/mol. The number of carbonyl (C=O) groups is 1. The molecule has 4 aliphatic carbocycles. The lowest BCUT2D eigenvalue weighted by Gasteiger charge is -2.39. The average Bonchev–Trinajstić information content (AvgIpc) is 3.11. The second-order valence-electron chi connectivity index (χ2n) is 13.4. The Morgan fingerprint density at radius 3 is 2.20 bits per heavy atom. The van der Waals surface area contributed by atoms with Crippen molar-refractivity contribution in [1.29, 1.82) is 0 Å². The lowest BCUT2D eigenvalue weighted by atomic mass is 9.70. The molecule has 4 fully saturated rings. The molecule has 0 aromatic heterocycles. The van der Waals surface area contributed by atoms with E-state index in [1.165, 1.54) is 32.1 Å². The molecule has 172 valence electrons. The Hall–Kier alpha value is -0.610. The van der Waals surface area contributed by atoms with Gasteiger partial charge in [0.15, 0.2) is 6.54 Å². The molecule has 0 spiro atoms. The van der Waals surface area contributed by atoms with Crippen LogP contribution in [0.4, 0.5) is 0 Å². The Balaban J connectivity index is 1.25. The maximum atomic E-state index is 12.8. The molecule has 0 unspecified atom stereocenters. The predicted octanol–water partition coefficient (Wildman–Crippen LogP) is 5.05. The molecule has 4 nitrogen and oxygen atoms in total. The van der Waals surface area contributed by atoms with E-state index in [4.69, 9.17) is 9.47 Å². The molecule has 0 N–H and O–H groups in total. The van der Waals surface area contributed by atoms with Crippen LogP contribution in [0.2, 0.25) is 0 Å². The fourth-order valence-electron chi connectivity index (χ4n) is 7.79. The highest BCUT2D eigenvalue weighted by molar-refractivity contribution is 5.71. The molecule has 0 amide bonds. The second-order valence-corrected chi connectivity index (χ2v) is 13.4. The summed E-state index contributed by atoms with van der Waals surface area (Å²) < 4.78 is 13.1. The number of carbonyl (C=O) groups excluding carboxylic acids is 1. The van der Waals surface area contributed by atoms with Crippen molar-refractivity contribution in [3.63, 3.8) is 0 Å². The molecule has 0 aromatic carbocycles. The summed E-state index contributed by atoms with van der Waals surface area (Å²) in [7, 11) is 4.26. The van der Waals surface area contributed by atoms with E-state index in [1.807, 2.05) is 0 Å². The molecule has 30 heavy (non-hydrogen) atoms. The summed E-state index contributed by atoms with van der Waals surface area (Å²) >= 11 is 0. The molecule has 4 bridgehead atoms. The number of nitrogens with zero attached hydrogens (tertiary/aromatic N) is 1. The van der Waals surface area contributed by atoms with Gasteiger partial charge in [-0.1, -0.05) is 41.5 Å². The third-order valence-electron chi connectivity index (χ3n) is 11.2. The Labute approximate surface area is 184 Å². The topological polar surface area (TPSA) is 35.5 Å². The fraction of sp³-hybridized carbons (Fsp3) is 0.962. The molecule has 4 heteroatoms. The zero-order valence-electron chi connectivity index (χ0n) is 20.8. The first-order chi connectivity index (χ1) is 13.7. The van der Waals surface area contributed by atoms with Crippen molar-refractivity contribution in [3.8, 4) is 0 Å². The summed E-state index contributed by atoms with van der Waals surface area (Å²) in [5, 5.41) is 0. The molecule has 4 aliphatic rings. The quantitative estimate of drug-likeness (QED) is 0.427. The minimum Gasteiger partial charge on any atom is -0.458 e. The van der Waals surface area contributed by atoms with Crippen LogP contribution in [-0.2, 0) is 14.3 Å². The Morgan fingerprint density at radius 2 is 1.70 bits per heavy atom. The van der Waals surface area contributed by atoms with E-state index in [2.05, 4.69) is 55.6 Å². The van der Waals surface area contributed by atoms with Crippen molar-refractivity contribution >= 4 is 5.97 Å². The first-order valence-electron chi connectivity index (χ1n) is 12.4. The second kappa shape index (κ2) is 6.94. The fourth-order valence-corrected chi connectivity index (χ4v) is 7.79. The lowest BCUT2D eigenvalue weighted by molar-refractivity contribution is -0.883. The van der Waals surface area contributed by atoms with E-state index < -0.39 is 0 Å². The van der Waals surface area contributed by atoms with Gasteiger partial charge in [0.05, 0.1) is 26.8 Å². The molecule has 0 radical (unpaired) electrons. The summed E-state index contributed by atoms with van der Waals surface area (Å²) in [4.78, 5) is 12.8. The first-order valence-corrected chi connectivity index (χ1v) is 12.4. The van der Waals surface area contributed by atoms with Gasteiger partial charge < -0.3 is 14.0 Å². The van der Waals surface area contributed by atoms with Gasteiger partial charge in [-0.2, -0.15) is 0 Å². The normalized spacial score (nSPS) is 43.3. The Kier molecular flexibility index (Phi) is 5.22. The highest BCUT2D eigenvalue weighted by atomic mass is 16.5. The van der Waals surface area contributed by atoms with Crippen LogP contribution in [0, 0.1) is 33.5 Å². The zero-order chi connectivity index (χ0) is 22.2. The van der Waals surface area contributed by atoms with Crippen LogP contribution >= 0.6 is 0 Å². The SMILES string of the molecule is CC1(C)[C@@H]2CC[C@]1(C)C[C@@H]2OC(=O)C[N+](C)(C)CCO[C@H]1C[C@@H]2CC[C@]1(C)C2(C)C. The van der Waals surface area contributed by atoms with E-state index in [9.17, 15) is 4.79 Å². The van der Waals surface area contributed by atoms with Gasteiger partial charge in [0, 0.05) is 5.92 Å². The van der Waals surface area contributed by atoms with Gasteiger partial charge in [0.2, 0.25) is 0 Å². The van der Waals surface area contributed by atoms with Gasteiger partial charge in [0.25, 0.3) is 0 Å². The Bertz CT molecular complexity index is 696. The number of rotatable bonds is 7. The molecule has 0 heterocycles. The van der Waals surface area contributed by atoms with Gasteiger partial charge in [-0.05, 0) is 66.1 Å². The van der Waals surface area contributed by atoms with Gasteiger partial charge in [-0.15, -0.1) is 0 Å². The van der Waals surface area contributed by atoms with Gasteiger partial charge in [-0.25, -0.2) is 4.79 Å². The summed E-state index contributed by atoms with van der Waals surface area (Å²) in [5.41, 5.74) is 1.29. The van der Waals surface area contributed by atoms with E-state index >= 15 is 0 Å². The van der Waals surface area contributed by atoms with Crippen LogP contribution in [0.5, 0.6) is 0 Å². The van der Waals surface area contributed by atoms with Gasteiger partial charge >= 0.3 is 5.97 Å². The van der Waals surface area contributed by atoms with Gasteiger partial charge in [0.1, 0.15) is 12.6 Å². The standard InChI is InChI=1S/C26H46NO3/c1-23(2)18-9-12-26(23,6)21(15-18)29-14-13-27(7,8)17-22(28)30-20-16-25(5)11-10-19(20)24(25,3)4/h18-21H,9-17H2,1-8H3/q+1/t18-,19+,20-,21-,25+,26-/m0/s1. The van der Waals surface area contributed by atoms with Crippen molar-refractivity contribution in [2.45, 2.75) is 92.3 Å². The van der Waals surface area contributed by atoms with Crippen LogP contribution < -0.4 is 0 Å². The number of ether oxygens (including phenoxy) is 2. The zero-order valence-corrected chi connectivity index (χ0v) is 20.8. The summed E-state index contributed by atoms with van der Waals surface area (Å²) in [5.74, 6) is 1.29. The van der Waals surface area contributed by atoms with Crippen LogP contribution in [0.1, 0.15) is 80.1 Å². The summed E-state index contributed by atoms with van der Waals surface area (Å²) in [6.45, 7) is 16.4. The third kappa shape index (κ3) is 3.27. The van der Waals surface area contributed by atoms with Crippen LogP contribution in [0.15, 0.2) is 0 Å². The van der Waals surface area contributed by atoms with E-state index in [0.717, 1.165) is 25.5 Å². The lowest BCUT2D eigenvalue weighted by Crippen LogP contribution is -2.48. The van der Waals surface area contributed by atoms with Crippen LogP contribution in [0.25, 0.3) is 0 Å². The predicted molar refractivity (Wildman–Crippen MR) is 120 cm³/mol. The number of likely N-dealkylation sites (N-methyl/N-ethyl adjacent to an activating group) is 1. The highest BCUT2D eigenvalue weighted by Gasteiger charge is 2.63. The van der Waals surface area contributed by atoms with E-state index in [-0.39, 0.29) is 17.5 Å². The molecule has 0 saturated heterocycles. The minimum atomic E-state index is -0.0371. The molecular weight excluding hydrogens is 374 g/mol. The highest BCUT2D eigenvalue weighted by Crippen LogP contribution is 2.67. The maximum Gasteiger partial charge on any atom is 0.362 e. The van der Waals surface area contributed by atoms with Crippen molar-refractivity contribution < 1.29 is 18.8 Å². The Morgan fingerprint density at radius 1 is 1.00 bits per heavy atom. The first kappa shape index (κ1) is 22.6. The van der Waals surface area contributed by atoms with Crippen LogP contribution in [0.3, 0.4) is 0 Å². The monoisotopic (exact) mass is 420 g/mol. The molecule has 4 saturated carbocycles.